The smallest absolute Gasteiger partial charge is 0.262 e. The second kappa shape index (κ2) is 6.82. The maximum absolute atomic E-state index is 12.5. The number of hydrogen-bond acceptors (Lipinski definition) is 5. The van der Waals surface area contributed by atoms with Gasteiger partial charge in [0.1, 0.15) is 11.4 Å². The number of nitrogens with zero attached hydrogens (tertiary/aromatic N) is 3. The number of rotatable bonds is 5. The highest BCUT2D eigenvalue weighted by molar-refractivity contribution is 7.16. The molecule has 0 aliphatic rings. The van der Waals surface area contributed by atoms with E-state index in [4.69, 9.17) is 11.6 Å². The van der Waals surface area contributed by atoms with Crippen molar-refractivity contribution in [1.82, 2.24) is 14.5 Å². The molecule has 0 N–H and O–H groups in total. The molecule has 3 rings (SSSR count). The van der Waals surface area contributed by atoms with Gasteiger partial charge >= 0.3 is 0 Å². The number of amides is 1. The standard InChI is InChI=1S/C15H14ClN3O2S2/c1-2-18(7-10-3-4-12(16)23-10)13(20)8-19-9-17-14-11(15(19)21)5-6-22-14/h3-6,9H,2,7-8H2,1H3. The largest absolute Gasteiger partial charge is 0.336 e. The highest BCUT2D eigenvalue weighted by Crippen LogP contribution is 2.22. The van der Waals surface area contributed by atoms with Crippen LogP contribution in [0.3, 0.4) is 0 Å². The van der Waals surface area contributed by atoms with E-state index >= 15 is 0 Å². The summed E-state index contributed by atoms with van der Waals surface area (Å²) in [5, 5.41) is 2.38. The Hall–Kier alpha value is -1.70. The van der Waals surface area contributed by atoms with Crippen LogP contribution in [0.4, 0.5) is 0 Å². The van der Waals surface area contributed by atoms with Crippen molar-refractivity contribution >= 4 is 50.4 Å². The van der Waals surface area contributed by atoms with Gasteiger partial charge in [-0.3, -0.25) is 14.2 Å². The van der Waals surface area contributed by atoms with Crippen molar-refractivity contribution in [2.24, 2.45) is 0 Å². The molecule has 120 valence electrons. The topological polar surface area (TPSA) is 55.2 Å². The summed E-state index contributed by atoms with van der Waals surface area (Å²) in [7, 11) is 0. The Balaban J connectivity index is 1.78. The molecule has 3 aromatic heterocycles. The van der Waals surface area contributed by atoms with Gasteiger partial charge in [0.15, 0.2) is 0 Å². The minimum absolute atomic E-state index is 0.00936. The molecule has 0 aromatic carbocycles. The molecule has 1 amide bonds. The van der Waals surface area contributed by atoms with Crippen LogP contribution >= 0.6 is 34.3 Å². The van der Waals surface area contributed by atoms with Crippen LogP contribution in [-0.2, 0) is 17.9 Å². The van der Waals surface area contributed by atoms with E-state index in [9.17, 15) is 9.59 Å². The molecular weight excluding hydrogens is 354 g/mol. The molecule has 0 saturated heterocycles. The first-order chi connectivity index (χ1) is 11.1. The summed E-state index contributed by atoms with van der Waals surface area (Å²) in [6.45, 7) is 2.97. The molecule has 0 aliphatic heterocycles. The van der Waals surface area contributed by atoms with Crippen LogP contribution in [0.5, 0.6) is 0 Å². The van der Waals surface area contributed by atoms with E-state index in [2.05, 4.69) is 4.98 Å². The monoisotopic (exact) mass is 367 g/mol. The molecule has 0 saturated carbocycles. The van der Waals surface area contributed by atoms with Crippen molar-refractivity contribution in [2.75, 3.05) is 6.54 Å². The molecule has 0 bridgehead atoms. The first-order valence-corrected chi connectivity index (χ1v) is 9.10. The molecule has 8 heteroatoms. The van der Waals surface area contributed by atoms with Gasteiger partial charge in [-0.15, -0.1) is 22.7 Å². The predicted molar refractivity (Wildman–Crippen MR) is 94.3 cm³/mol. The van der Waals surface area contributed by atoms with Crippen LogP contribution in [0, 0.1) is 0 Å². The first kappa shape index (κ1) is 16.2. The Bertz CT molecular complexity index is 899. The van der Waals surface area contributed by atoms with E-state index in [1.54, 1.807) is 11.0 Å². The summed E-state index contributed by atoms with van der Waals surface area (Å²) in [4.78, 5) is 32.5. The minimum atomic E-state index is -0.181. The summed E-state index contributed by atoms with van der Waals surface area (Å²) in [5.41, 5.74) is -0.181. The average molecular weight is 368 g/mol. The summed E-state index contributed by atoms with van der Waals surface area (Å²) >= 11 is 8.79. The number of hydrogen-bond donors (Lipinski definition) is 0. The second-order valence-corrected chi connectivity index (χ2v) is 7.62. The van der Waals surface area contributed by atoms with Gasteiger partial charge in [0.25, 0.3) is 5.56 Å². The number of carbonyl (C=O) groups excluding carboxylic acids is 1. The van der Waals surface area contributed by atoms with E-state index < -0.39 is 0 Å². The molecule has 0 atom stereocenters. The molecule has 5 nitrogen and oxygen atoms in total. The van der Waals surface area contributed by atoms with Gasteiger partial charge in [-0.2, -0.15) is 0 Å². The number of aromatic nitrogens is 2. The molecule has 3 heterocycles. The zero-order valence-electron chi connectivity index (χ0n) is 12.4. The fourth-order valence-corrected chi connectivity index (χ4v) is 4.08. The van der Waals surface area contributed by atoms with E-state index in [0.29, 0.717) is 27.6 Å². The highest BCUT2D eigenvalue weighted by atomic mass is 35.5. The molecular formula is C15H14ClN3O2S2. The SMILES string of the molecule is CCN(Cc1ccc(Cl)s1)C(=O)Cn1cnc2sccc2c1=O. The maximum atomic E-state index is 12.5. The number of carbonyl (C=O) groups is 1. The van der Waals surface area contributed by atoms with Crippen LogP contribution in [0.2, 0.25) is 4.34 Å². The Kier molecular flexibility index (Phi) is 4.79. The van der Waals surface area contributed by atoms with Crippen molar-refractivity contribution in [3.05, 3.63) is 49.5 Å². The molecule has 3 aromatic rings. The van der Waals surface area contributed by atoms with E-state index in [1.807, 2.05) is 24.4 Å². The lowest BCUT2D eigenvalue weighted by Gasteiger charge is -2.20. The van der Waals surface area contributed by atoms with Crippen LogP contribution in [0.1, 0.15) is 11.8 Å². The average Bonchev–Trinajstić information content (AvgIpc) is 3.16. The summed E-state index contributed by atoms with van der Waals surface area (Å²) in [6, 6.07) is 5.47. The zero-order valence-corrected chi connectivity index (χ0v) is 14.7. The maximum Gasteiger partial charge on any atom is 0.262 e. The van der Waals surface area contributed by atoms with Gasteiger partial charge < -0.3 is 4.90 Å². The normalized spacial score (nSPS) is 11.0. The fraction of sp³-hybridized carbons (Fsp3) is 0.267. The quantitative estimate of drug-likeness (QED) is 0.695. The molecule has 0 fully saturated rings. The Morgan fingerprint density at radius 2 is 2.22 bits per heavy atom. The van der Waals surface area contributed by atoms with Gasteiger partial charge in [0.05, 0.1) is 22.6 Å². The molecule has 0 unspecified atom stereocenters. The van der Waals surface area contributed by atoms with Crippen LogP contribution in [0.15, 0.2) is 34.7 Å². The van der Waals surface area contributed by atoms with Gasteiger partial charge in [-0.25, -0.2) is 4.98 Å². The van der Waals surface area contributed by atoms with Gasteiger partial charge in [-0.05, 0) is 30.5 Å². The fourth-order valence-electron chi connectivity index (χ4n) is 2.25. The third-order valence-corrected chi connectivity index (χ3v) is 5.50. The minimum Gasteiger partial charge on any atom is -0.336 e. The lowest BCUT2D eigenvalue weighted by atomic mass is 10.3. The summed E-state index contributed by atoms with van der Waals surface area (Å²) in [6.07, 6.45) is 1.44. The van der Waals surface area contributed by atoms with Crippen molar-refractivity contribution in [3.8, 4) is 0 Å². The summed E-state index contributed by atoms with van der Waals surface area (Å²) in [5.74, 6) is -0.115. The highest BCUT2D eigenvalue weighted by Gasteiger charge is 2.15. The van der Waals surface area contributed by atoms with Crippen molar-refractivity contribution in [3.63, 3.8) is 0 Å². The Labute approximate surface area is 145 Å². The number of halogens is 1. The third kappa shape index (κ3) is 3.46. The van der Waals surface area contributed by atoms with Gasteiger partial charge in [-0.1, -0.05) is 11.6 Å². The Morgan fingerprint density at radius 3 is 2.91 bits per heavy atom. The lowest BCUT2D eigenvalue weighted by Crippen LogP contribution is -2.35. The number of fused-ring (bicyclic) bond motifs is 1. The number of likely N-dealkylation sites (N-methyl/N-ethyl adjacent to an activating group) is 1. The number of thiophene rings is 2. The van der Waals surface area contributed by atoms with Crippen molar-refractivity contribution in [1.29, 1.82) is 0 Å². The van der Waals surface area contributed by atoms with E-state index in [0.717, 1.165) is 4.88 Å². The molecule has 0 spiro atoms. The Morgan fingerprint density at radius 1 is 1.39 bits per heavy atom. The van der Waals surface area contributed by atoms with Gasteiger partial charge in [0, 0.05) is 11.4 Å². The van der Waals surface area contributed by atoms with Crippen molar-refractivity contribution < 1.29 is 4.79 Å². The third-order valence-electron chi connectivity index (χ3n) is 3.47. The molecule has 0 radical (unpaired) electrons. The van der Waals surface area contributed by atoms with E-state index in [1.165, 1.54) is 33.6 Å². The summed E-state index contributed by atoms with van der Waals surface area (Å²) < 4.78 is 2.06. The van der Waals surface area contributed by atoms with Crippen LogP contribution in [-0.4, -0.2) is 26.9 Å². The van der Waals surface area contributed by atoms with Crippen LogP contribution in [0.25, 0.3) is 10.2 Å². The first-order valence-electron chi connectivity index (χ1n) is 7.03. The van der Waals surface area contributed by atoms with Crippen molar-refractivity contribution in [2.45, 2.75) is 20.0 Å². The van der Waals surface area contributed by atoms with E-state index in [-0.39, 0.29) is 18.0 Å². The van der Waals surface area contributed by atoms with Gasteiger partial charge in [0.2, 0.25) is 5.91 Å². The lowest BCUT2D eigenvalue weighted by molar-refractivity contribution is -0.132. The zero-order chi connectivity index (χ0) is 16.4. The second-order valence-electron chi connectivity index (χ2n) is 4.93. The molecule has 0 aliphatic carbocycles. The molecule has 23 heavy (non-hydrogen) atoms. The predicted octanol–water partition coefficient (Wildman–Crippen LogP) is 3.22. The van der Waals surface area contributed by atoms with Crippen LogP contribution < -0.4 is 5.56 Å².